The van der Waals surface area contributed by atoms with Gasteiger partial charge in [0.1, 0.15) is 0 Å². The predicted molar refractivity (Wildman–Crippen MR) is 121 cm³/mol. The van der Waals surface area contributed by atoms with Crippen LogP contribution in [-0.4, -0.2) is 30.4 Å². The molecule has 0 saturated heterocycles. The van der Waals surface area contributed by atoms with Crippen molar-refractivity contribution in [3.8, 4) is 0 Å². The number of hydrogen-bond acceptors (Lipinski definition) is 4. The number of benzene rings is 2. The summed E-state index contributed by atoms with van der Waals surface area (Å²) in [4.78, 5) is 11.2. The number of anilines is 1. The van der Waals surface area contributed by atoms with E-state index in [1.807, 2.05) is 0 Å². The molecule has 156 valence electrons. The van der Waals surface area contributed by atoms with Crippen molar-refractivity contribution in [1.29, 1.82) is 0 Å². The van der Waals surface area contributed by atoms with Crippen LogP contribution in [0.4, 0.5) is 5.69 Å². The SMILES string of the molecule is CC[C@H](CC(=S)CC(=O)O)N(c1cc(Cl)ccc1Cl)S(=O)(=O)c1ccc(Cl)cc1. The lowest BCUT2D eigenvalue weighted by molar-refractivity contribution is -0.135. The number of nitrogens with zero attached hydrogens (tertiary/aromatic N) is 1. The van der Waals surface area contributed by atoms with E-state index < -0.39 is 22.0 Å². The lowest BCUT2D eigenvalue weighted by atomic mass is 10.1. The lowest BCUT2D eigenvalue weighted by Crippen LogP contribution is -2.41. The second-order valence-electron chi connectivity index (χ2n) is 6.23. The van der Waals surface area contributed by atoms with E-state index in [2.05, 4.69) is 0 Å². The highest BCUT2D eigenvalue weighted by Gasteiger charge is 2.33. The number of sulfonamides is 1. The van der Waals surface area contributed by atoms with Gasteiger partial charge in [0.25, 0.3) is 10.0 Å². The average Bonchev–Trinajstić information content (AvgIpc) is 2.63. The molecule has 5 nitrogen and oxygen atoms in total. The highest BCUT2D eigenvalue weighted by Crippen LogP contribution is 2.36. The molecule has 0 bridgehead atoms. The minimum Gasteiger partial charge on any atom is -0.481 e. The first-order valence-corrected chi connectivity index (χ1v) is 11.5. The van der Waals surface area contributed by atoms with Gasteiger partial charge in [-0.1, -0.05) is 53.9 Å². The number of carboxylic acid groups (broad SMARTS) is 1. The first-order chi connectivity index (χ1) is 13.6. The summed E-state index contributed by atoms with van der Waals surface area (Å²) in [5, 5.41) is 9.89. The van der Waals surface area contributed by atoms with Crippen molar-refractivity contribution in [2.75, 3.05) is 4.31 Å². The smallest absolute Gasteiger partial charge is 0.308 e. The van der Waals surface area contributed by atoms with Gasteiger partial charge in [-0.3, -0.25) is 9.10 Å². The van der Waals surface area contributed by atoms with Crippen LogP contribution in [0, 0.1) is 0 Å². The van der Waals surface area contributed by atoms with E-state index >= 15 is 0 Å². The van der Waals surface area contributed by atoms with Crippen molar-refractivity contribution in [3.05, 3.63) is 57.5 Å². The van der Waals surface area contributed by atoms with Gasteiger partial charge in [0, 0.05) is 27.4 Å². The van der Waals surface area contributed by atoms with Gasteiger partial charge in [0.2, 0.25) is 0 Å². The third-order valence-electron chi connectivity index (χ3n) is 4.13. The normalized spacial score (nSPS) is 12.4. The van der Waals surface area contributed by atoms with Gasteiger partial charge in [-0.15, -0.1) is 0 Å². The number of rotatable bonds is 9. The van der Waals surface area contributed by atoms with E-state index in [1.165, 1.54) is 40.7 Å². The molecule has 0 aliphatic carbocycles. The number of aliphatic carboxylic acids is 1. The van der Waals surface area contributed by atoms with E-state index in [4.69, 9.17) is 52.1 Å². The molecule has 0 aliphatic rings. The van der Waals surface area contributed by atoms with Crippen LogP contribution in [0.15, 0.2) is 47.4 Å². The van der Waals surface area contributed by atoms with Gasteiger partial charge < -0.3 is 5.11 Å². The van der Waals surface area contributed by atoms with E-state index in [9.17, 15) is 13.2 Å². The van der Waals surface area contributed by atoms with Crippen molar-refractivity contribution >= 4 is 73.6 Å². The zero-order valence-corrected chi connectivity index (χ0v) is 19.2. The van der Waals surface area contributed by atoms with E-state index in [-0.39, 0.29) is 33.3 Å². The van der Waals surface area contributed by atoms with Gasteiger partial charge >= 0.3 is 5.97 Å². The molecule has 2 aromatic rings. The van der Waals surface area contributed by atoms with E-state index in [0.717, 1.165) is 0 Å². The summed E-state index contributed by atoms with van der Waals surface area (Å²) >= 11 is 23.5. The van der Waals surface area contributed by atoms with Crippen molar-refractivity contribution in [1.82, 2.24) is 0 Å². The Morgan fingerprint density at radius 1 is 1.10 bits per heavy atom. The highest BCUT2D eigenvalue weighted by atomic mass is 35.5. The minimum absolute atomic E-state index is 0.0144. The molecule has 10 heteroatoms. The second-order valence-corrected chi connectivity index (χ2v) is 9.90. The first-order valence-electron chi connectivity index (χ1n) is 8.54. The van der Waals surface area contributed by atoms with Crippen molar-refractivity contribution in [2.24, 2.45) is 0 Å². The molecule has 0 heterocycles. The van der Waals surface area contributed by atoms with Gasteiger partial charge in [-0.05, 0) is 48.9 Å². The minimum atomic E-state index is -4.07. The van der Waals surface area contributed by atoms with Crippen LogP contribution in [0.1, 0.15) is 26.2 Å². The maximum Gasteiger partial charge on any atom is 0.308 e. The molecule has 0 radical (unpaired) electrons. The van der Waals surface area contributed by atoms with Crippen molar-refractivity contribution < 1.29 is 18.3 Å². The number of halogens is 3. The van der Waals surface area contributed by atoms with Crippen LogP contribution < -0.4 is 4.31 Å². The monoisotopic (exact) mass is 493 g/mol. The van der Waals surface area contributed by atoms with Gasteiger partial charge in [0.05, 0.1) is 22.0 Å². The quantitative estimate of drug-likeness (QED) is 0.442. The molecule has 1 atom stereocenters. The number of carbonyl (C=O) groups is 1. The number of carboxylic acids is 1. The molecule has 0 spiro atoms. The average molecular weight is 495 g/mol. The van der Waals surface area contributed by atoms with Gasteiger partial charge in [-0.2, -0.15) is 0 Å². The molecular weight excluding hydrogens is 477 g/mol. The fourth-order valence-electron chi connectivity index (χ4n) is 2.79. The molecule has 0 aliphatic heterocycles. The van der Waals surface area contributed by atoms with Crippen molar-refractivity contribution in [2.45, 2.75) is 37.1 Å². The van der Waals surface area contributed by atoms with Crippen LogP contribution in [0.3, 0.4) is 0 Å². The second kappa shape index (κ2) is 10.1. The molecule has 0 aromatic heterocycles. The fraction of sp³-hybridized carbons (Fsp3) is 0.263. The van der Waals surface area contributed by atoms with Crippen molar-refractivity contribution in [3.63, 3.8) is 0 Å². The molecule has 0 fully saturated rings. The Kier molecular flexibility index (Phi) is 8.31. The Morgan fingerprint density at radius 2 is 1.69 bits per heavy atom. The van der Waals surface area contributed by atoms with E-state index in [1.54, 1.807) is 13.0 Å². The Morgan fingerprint density at radius 3 is 2.24 bits per heavy atom. The van der Waals surface area contributed by atoms with E-state index in [0.29, 0.717) is 16.5 Å². The Labute approximate surface area is 190 Å². The maximum absolute atomic E-state index is 13.5. The van der Waals surface area contributed by atoms with Crippen LogP contribution in [0.2, 0.25) is 15.1 Å². The van der Waals surface area contributed by atoms with Crippen LogP contribution in [0.5, 0.6) is 0 Å². The molecule has 0 saturated carbocycles. The Balaban J connectivity index is 2.61. The zero-order chi connectivity index (χ0) is 21.8. The Bertz CT molecular complexity index is 1010. The summed E-state index contributed by atoms with van der Waals surface area (Å²) in [6.45, 7) is 1.79. The van der Waals surface area contributed by atoms with Gasteiger partial charge in [0.15, 0.2) is 0 Å². The highest BCUT2D eigenvalue weighted by molar-refractivity contribution is 7.92. The summed E-state index contributed by atoms with van der Waals surface area (Å²) in [6, 6.07) is 9.60. The molecule has 2 aromatic carbocycles. The number of hydrogen-bond donors (Lipinski definition) is 1. The first kappa shape index (κ1) is 23.9. The summed E-state index contributed by atoms with van der Waals surface area (Å²) in [5.41, 5.74) is 0.194. The zero-order valence-electron chi connectivity index (χ0n) is 15.3. The molecule has 0 unspecified atom stereocenters. The summed E-state index contributed by atoms with van der Waals surface area (Å²) in [5.74, 6) is -1.07. The Hall–Kier alpha value is -1.38. The summed E-state index contributed by atoms with van der Waals surface area (Å²) in [6.07, 6.45) is 0.118. The van der Waals surface area contributed by atoms with Crippen LogP contribution >= 0.6 is 47.0 Å². The fourth-order valence-corrected chi connectivity index (χ4v) is 5.39. The third kappa shape index (κ3) is 6.06. The lowest BCUT2D eigenvalue weighted by Gasteiger charge is -2.33. The third-order valence-corrected chi connectivity index (χ3v) is 7.13. The molecular formula is C19H18Cl3NO4S2. The molecule has 1 N–H and O–H groups in total. The van der Waals surface area contributed by atoms with Gasteiger partial charge in [-0.25, -0.2) is 8.42 Å². The molecule has 0 amide bonds. The molecule has 29 heavy (non-hydrogen) atoms. The topological polar surface area (TPSA) is 74.7 Å². The predicted octanol–water partition coefficient (Wildman–Crippen LogP) is 5.86. The molecule has 2 rings (SSSR count). The largest absolute Gasteiger partial charge is 0.481 e. The standard InChI is InChI=1S/C19H18Cl3NO4S2/c1-2-14(10-15(28)11-19(24)25)23(18-9-13(21)5-8-17(18)22)29(26,27)16-6-3-12(20)4-7-16/h3-9,14H,2,10-11H2,1H3,(H,24,25)/t14-/m1/s1. The summed E-state index contributed by atoms with van der Waals surface area (Å²) < 4.78 is 28.2. The summed E-state index contributed by atoms with van der Waals surface area (Å²) in [7, 11) is -4.07. The number of thiocarbonyl (C=S) groups is 1. The van der Waals surface area contributed by atoms with Crippen LogP contribution in [0.25, 0.3) is 0 Å². The maximum atomic E-state index is 13.5. The van der Waals surface area contributed by atoms with Crippen LogP contribution in [-0.2, 0) is 14.8 Å².